The highest BCUT2D eigenvalue weighted by atomic mass is 16.5. The van der Waals surface area contributed by atoms with Crippen LogP contribution in [0.25, 0.3) is 33.2 Å². The minimum atomic E-state index is -0.0499. The van der Waals surface area contributed by atoms with Crippen molar-refractivity contribution in [1.29, 1.82) is 0 Å². The topological polar surface area (TPSA) is 78.0 Å². The SMILES string of the molecule is Cn1cc(-c2ccc(-c3c[n+]([O-])cc4ccc(C(=O)N5CCCC5)nc34)cc2)cn1. The van der Waals surface area contributed by atoms with Crippen molar-refractivity contribution < 1.29 is 9.52 Å². The number of pyridine rings is 2. The zero-order chi connectivity index (χ0) is 20.7. The second-order valence-electron chi connectivity index (χ2n) is 7.65. The summed E-state index contributed by atoms with van der Waals surface area (Å²) in [5.41, 5.74) is 4.72. The first kappa shape index (κ1) is 18.3. The maximum absolute atomic E-state index is 12.8. The summed E-state index contributed by atoms with van der Waals surface area (Å²) >= 11 is 0. The van der Waals surface area contributed by atoms with Crippen LogP contribution in [0.5, 0.6) is 0 Å². The number of hydrogen-bond acceptors (Lipinski definition) is 4. The van der Waals surface area contributed by atoms with Crippen LogP contribution in [0.3, 0.4) is 0 Å². The summed E-state index contributed by atoms with van der Waals surface area (Å²) in [5.74, 6) is -0.0499. The highest BCUT2D eigenvalue weighted by Crippen LogP contribution is 2.29. The molecule has 0 N–H and O–H groups in total. The molecule has 1 fully saturated rings. The van der Waals surface area contributed by atoms with Gasteiger partial charge in [0.15, 0.2) is 12.4 Å². The van der Waals surface area contributed by atoms with Gasteiger partial charge in [0.05, 0.1) is 22.7 Å². The molecule has 5 rings (SSSR count). The fourth-order valence-electron chi connectivity index (χ4n) is 3.98. The summed E-state index contributed by atoms with van der Waals surface area (Å²) in [4.78, 5) is 19.3. The Morgan fingerprint density at radius 3 is 2.43 bits per heavy atom. The largest absolute Gasteiger partial charge is 0.619 e. The molecule has 4 aromatic rings. The van der Waals surface area contributed by atoms with Gasteiger partial charge in [0.2, 0.25) is 0 Å². The Morgan fingerprint density at radius 2 is 1.73 bits per heavy atom. The summed E-state index contributed by atoms with van der Waals surface area (Å²) in [5, 5.41) is 17.1. The molecule has 1 aromatic carbocycles. The third kappa shape index (κ3) is 3.28. The lowest BCUT2D eigenvalue weighted by molar-refractivity contribution is -0.603. The van der Waals surface area contributed by atoms with Crippen LogP contribution in [-0.4, -0.2) is 38.7 Å². The van der Waals surface area contributed by atoms with E-state index in [0.717, 1.165) is 47.4 Å². The van der Waals surface area contributed by atoms with Gasteiger partial charge in [-0.1, -0.05) is 24.3 Å². The van der Waals surface area contributed by atoms with Crippen molar-refractivity contribution in [1.82, 2.24) is 19.7 Å². The van der Waals surface area contributed by atoms with Gasteiger partial charge in [-0.15, -0.1) is 0 Å². The molecule has 0 bridgehead atoms. The van der Waals surface area contributed by atoms with Crippen molar-refractivity contribution in [2.75, 3.05) is 13.1 Å². The Hall–Kier alpha value is -3.74. The van der Waals surface area contributed by atoms with E-state index in [4.69, 9.17) is 0 Å². The third-order valence-electron chi connectivity index (χ3n) is 5.55. The van der Waals surface area contributed by atoms with E-state index in [1.165, 1.54) is 12.4 Å². The molecule has 1 saturated heterocycles. The summed E-state index contributed by atoms with van der Waals surface area (Å²) in [6.07, 6.45) is 8.83. The molecule has 1 aliphatic heterocycles. The van der Waals surface area contributed by atoms with Crippen LogP contribution >= 0.6 is 0 Å². The van der Waals surface area contributed by atoms with Crippen molar-refractivity contribution >= 4 is 16.8 Å². The van der Waals surface area contributed by atoms with Crippen molar-refractivity contribution in [2.45, 2.75) is 12.8 Å². The molecule has 0 atom stereocenters. The van der Waals surface area contributed by atoms with E-state index < -0.39 is 0 Å². The predicted octanol–water partition coefficient (Wildman–Crippen LogP) is 3.17. The number of rotatable bonds is 3. The summed E-state index contributed by atoms with van der Waals surface area (Å²) in [7, 11) is 1.88. The molecule has 0 saturated carbocycles. The molecule has 0 spiro atoms. The molecule has 1 amide bonds. The smallest absolute Gasteiger partial charge is 0.272 e. The molecule has 7 heteroatoms. The molecule has 150 valence electrons. The Balaban J connectivity index is 1.57. The van der Waals surface area contributed by atoms with E-state index in [1.807, 2.05) is 48.6 Å². The van der Waals surface area contributed by atoms with Gasteiger partial charge in [-0.05, 0) is 36.1 Å². The molecular formula is C23H21N5O2. The number of fused-ring (bicyclic) bond motifs is 1. The van der Waals surface area contributed by atoms with Gasteiger partial charge in [0.25, 0.3) is 5.91 Å². The van der Waals surface area contributed by atoms with Gasteiger partial charge in [-0.3, -0.25) is 9.48 Å². The van der Waals surface area contributed by atoms with Crippen LogP contribution in [0.15, 0.2) is 61.2 Å². The van der Waals surface area contributed by atoms with Crippen molar-refractivity contribution in [2.24, 2.45) is 7.05 Å². The maximum Gasteiger partial charge on any atom is 0.272 e. The number of nitrogens with zero attached hydrogens (tertiary/aromatic N) is 5. The number of hydrogen-bond donors (Lipinski definition) is 0. The fraction of sp³-hybridized carbons (Fsp3) is 0.217. The summed E-state index contributed by atoms with van der Waals surface area (Å²) in [6.45, 7) is 1.55. The van der Waals surface area contributed by atoms with Crippen LogP contribution in [0, 0.1) is 5.21 Å². The first-order chi connectivity index (χ1) is 14.6. The standard InChI is InChI=1S/C23H21N5O2/c1-26-13-19(12-24-26)16-4-6-17(7-5-16)20-15-28(30)14-18-8-9-21(25-22(18)20)23(29)27-10-2-3-11-27/h4-9,12-15H,2-3,10-11H2,1H3. The fourth-order valence-corrected chi connectivity index (χ4v) is 3.98. The number of aryl methyl sites for hydroxylation is 1. The molecule has 1 aliphatic rings. The molecule has 4 heterocycles. The zero-order valence-electron chi connectivity index (χ0n) is 16.7. The van der Waals surface area contributed by atoms with Gasteiger partial charge in [0.1, 0.15) is 5.69 Å². The molecule has 0 unspecified atom stereocenters. The average molecular weight is 399 g/mol. The number of carbonyl (C=O) groups is 1. The molecule has 0 radical (unpaired) electrons. The third-order valence-corrected chi connectivity index (χ3v) is 5.55. The van der Waals surface area contributed by atoms with E-state index >= 15 is 0 Å². The first-order valence-electron chi connectivity index (χ1n) is 10.0. The van der Waals surface area contributed by atoms with Gasteiger partial charge in [-0.2, -0.15) is 9.83 Å². The minimum absolute atomic E-state index is 0.0499. The molecule has 0 aliphatic carbocycles. The molecule has 7 nitrogen and oxygen atoms in total. The molecular weight excluding hydrogens is 378 g/mol. The second-order valence-corrected chi connectivity index (χ2v) is 7.65. The highest BCUT2D eigenvalue weighted by Gasteiger charge is 2.22. The van der Waals surface area contributed by atoms with Gasteiger partial charge < -0.3 is 10.1 Å². The van der Waals surface area contributed by atoms with Gasteiger partial charge in [0, 0.05) is 31.9 Å². The average Bonchev–Trinajstić information content (AvgIpc) is 3.44. The maximum atomic E-state index is 12.8. The number of carbonyl (C=O) groups excluding carboxylic acids is 1. The number of aromatic nitrogens is 4. The zero-order valence-corrected chi connectivity index (χ0v) is 16.7. The monoisotopic (exact) mass is 399 g/mol. The predicted molar refractivity (Wildman–Crippen MR) is 113 cm³/mol. The lowest BCUT2D eigenvalue weighted by Crippen LogP contribution is -2.28. The number of amides is 1. The van der Waals surface area contributed by atoms with E-state index in [2.05, 4.69) is 10.1 Å². The van der Waals surface area contributed by atoms with E-state index in [1.54, 1.807) is 16.8 Å². The Bertz CT molecular complexity index is 1240. The normalized spacial score (nSPS) is 13.8. The van der Waals surface area contributed by atoms with Crippen LogP contribution < -0.4 is 4.73 Å². The van der Waals surface area contributed by atoms with Crippen LogP contribution in [0.1, 0.15) is 23.3 Å². The Morgan fingerprint density at radius 1 is 1.00 bits per heavy atom. The number of likely N-dealkylation sites (tertiary alicyclic amines) is 1. The lowest BCUT2D eigenvalue weighted by Gasteiger charge is -2.15. The summed E-state index contributed by atoms with van der Waals surface area (Å²) in [6, 6.07) is 11.4. The second kappa shape index (κ2) is 7.26. The summed E-state index contributed by atoms with van der Waals surface area (Å²) < 4.78 is 2.55. The molecule has 3 aromatic heterocycles. The Kier molecular flexibility index (Phi) is 4.43. The van der Waals surface area contributed by atoms with E-state index in [0.29, 0.717) is 22.2 Å². The Labute approximate surface area is 173 Å². The van der Waals surface area contributed by atoms with Crippen LogP contribution in [0.4, 0.5) is 0 Å². The van der Waals surface area contributed by atoms with E-state index in [-0.39, 0.29) is 5.91 Å². The minimum Gasteiger partial charge on any atom is -0.619 e. The number of benzene rings is 1. The highest BCUT2D eigenvalue weighted by molar-refractivity contribution is 5.98. The van der Waals surface area contributed by atoms with Crippen molar-refractivity contribution in [3.8, 4) is 22.3 Å². The van der Waals surface area contributed by atoms with Crippen LogP contribution in [-0.2, 0) is 7.05 Å². The molecule has 30 heavy (non-hydrogen) atoms. The van der Waals surface area contributed by atoms with Gasteiger partial charge in [-0.25, -0.2) is 4.98 Å². The van der Waals surface area contributed by atoms with Crippen molar-refractivity contribution in [3.63, 3.8) is 0 Å². The van der Waals surface area contributed by atoms with Crippen LogP contribution in [0.2, 0.25) is 0 Å². The lowest BCUT2D eigenvalue weighted by atomic mass is 10.0. The van der Waals surface area contributed by atoms with Gasteiger partial charge >= 0.3 is 0 Å². The first-order valence-corrected chi connectivity index (χ1v) is 10.0. The quantitative estimate of drug-likeness (QED) is 0.392. The van der Waals surface area contributed by atoms with E-state index in [9.17, 15) is 10.0 Å². The van der Waals surface area contributed by atoms with Crippen molar-refractivity contribution in [3.05, 3.63) is 72.1 Å².